The van der Waals surface area contributed by atoms with Crippen LogP contribution in [-0.4, -0.2) is 55.0 Å². The molecule has 4 aromatic rings. The topological polar surface area (TPSA) is 96.5 Å². The van der Waals surface area contributed by atoms with Crippen LogP contribution in [-0.2, 0) is 14.8 Å². The predicted octanol–water partition coefficient (Wildman–Crippen LogP) is 4.88. The number of sulfonamides is 1. The highest BCUT2D eigenvalue weighted by atomic mass is 79.9. The number of thiazole rings is 1. The molecule has 0 unspecified atom stereocenters. The highest BCUT2D eigenvalue weighted by Crippen LogP contribution is 2.27. The van der Waals surface area contributed by atoms with E-state index in [2.05, 4.69) is 21.0 Å². The highest BCUT2D eigenvalue weighted by Gasteiger charge is 2.26. The number of hydrogen-bond donors (Lipinski definition) is 1. The van der Waals surface area contributed by atoms with Crippen molar-refractivity contribution in [2.75, 3.05) is 26.3 Å². The Kier molecular flexibility index (Phi) is 7.51. The summed E-state index contributed by atoms with van der Waals surface area (Å²) < 4.78 is 35.1. The molecule has 186 valence electrons. The fraction of sp³-hybridized carbons (Fsp3) is 0.167. The van der Waals surface area contributed by atoms with Gasteiger partial charge >= 0.3 is 0 Å². The molecular formula is C24H21BrN4O4S3. The molecule has 0 atom stereocenters. The summed E-state index contributed by atoms with van der Waals surface area (Å²) in [4.78, 5) is 6.59. The second-order valence-corrected chi connectivity index (χ2v) is 12.4. The van der Waals surface area contributed by atoms with Crippen molar-refractivity contribution in [1.82, 2.24) is 8.98 Å². The van der Waals surface area contributed by atoms with E-state index in [9.17, 15) is 13.5 Å². The normalized spacial score (nSPS) is 15.6. The van der Waals surface area contributed by atoms with Gasteiger partial charge in [-0.15, -0.1) is 22.7 Å². The Morgan fingerprint density at radius 2 is 1.83 bits per heavy atom. The van der Waals surface area contributed by atoms with E-state index in [0.717, 1.165) is 15.0 Å². The Morgan fingerprint density at radius 3 is 2.56 bits per heavy atom. The van der Waals surface area contributed by atoms with Gasteiger partial charge in [-0.2, -0.15) is 9.41 Å². The zero-order valence-electron chi connectivity index (χ0n) is 18.8. The molecule has 0 aliphatic carbocycles. The van der Waals surface area contributed by atoms with Crippen LogP contribution in [0.25, 0.3) is 10.6 Å². The fourth-order valence-electron chi connectivity index (χ4n) is 3.57. The summed E-state index contributed by atoms with van der Waals surface area (Å²) in [5.41, 5.74) is 2.03. The van der Waals surface area contributed by atoms with Gasteiger partial charge in [0.1, 0.15) is 5.75 Å². The zero-order chi connectivity index (χ0) is 25.1. The van der Waals surface area contributed by atoms with E-state index in [1.807, 2.05) is 22.9 Å². The van der Waals surface area contributed by atoms with Gasteiger partial charge in [-0.1, -0.05) is 22.0 Å². The lowest BCUT2D eigenvalue weighted by Crippen LogP contribution is -2.40. The van der Waals surface area contributed by atoms with Gasteiger partial charge in [-0.3, -0.25) is 0 Å². The van der Waals surface area contributed by atoms with E-state index >= 15 is 0 Å². The Balaban J connectivity index is 1.51. The van der Waals surface area contributed by atoms with Crippen molar-refractivity contribution in [2.24, 2.45) is 10.1 Å². The van der Waals surface area contributed by atoms with Crippen molar-refractivity contribution in [3.8, 4) is 16.3 Å². The number of phenols is 1. The number of morpholine rings is 1. The average Bonchev–Trinajstić information content (AvgIpc) is 3.56. The number of halogens is 1. The maximum absolute atomic E-state index is 12.9. The van der Waals surface area contributed by atoms with Crippen molar-refractivity contribution < 1.29 is 18.3 Å². The molecule has 3 heterocycles. The molecule has 1 fully saturated rings. The molecule has 5 rings (SSSR count). The molecule has 2 aromatic carbocycles. The SMILES string of the molecule is O=S(=O)(c1ccc(N=c2scc(-c3cccs3)n2N=Cc2cc(Br)ccc2O)cc1)N1CCOCC1. The van der Waals surface area contributed by atoms with Gasteiger partial charge in [0.2, 0.25) is 14.8 Å². The van der Waals surface area contributed by atoms with Gasteiger partial charge in [0.05, 0.1) is 40.6 Å². The quantitative estimate of drug-likeness (QED) is 0.317. The number of aromatic nitrogens is 1. The summed E-state index contributed by atoms with van der Waals surface area (Å²) in [5.74, 6) is 0.117. The van der Waals surface area contributed by atoms with Crippen LogP contribution in [0.3, 0.4) is 0 Å². The minimum absolute atomic E-state index is 0.117. The Morgan fingerprint density at radius 1 is 1.06 bits per heavy atom. The zero-order valence-corrected chi connectivity index (χ0v) is 22.9. The van der Waals surface area contributed by atoms with E-state index in [4.69, 9.17) is 9.73 Å². The molecule has 0 saturated carbocycles. The molecule has 36 heavy (non-hydrogen) atoms. The van der Waals surface area contributed by atoms with Gasteiger partial charge in [-0.05, 0) is 53.9 Å². The molecule has 0 amide bonds. The van der Waals surface area contributed by atoms with Gasteiger partial charge in [-0.25, -0.2) is 18.1 Å². The van der Waals surface area contributed by atoms with Crippen LogP contribution in [0.15, 0.2) is 84.8 Å². The van der Waals surface area contributed by atoms with Crippen molar-refractivity contribution in [3.63, 3.8) is 0 Å². The van der Waals surface area contributed by atoms with Crippen molar-refractivity contribution in [2.45, 2.75) is 4.90 Å². The lowest BCUT2D eigenvalue weighted by Gasteiger charge is -2.26. The lowest BCUT2D eigenvalue weighted by atomic mass is 10.2. The minimum Gasteiger partial charge on any atom is -0.507 e. The molecule has 0 bridgehead atoms. The highest BCUT2D eigenvalue weighted by molar-refractivity contribution is 9.10. The second-order valence-electron chi connectivity index (χ2n) is 7.76. The van der Waals surface area contributed by atoms with Crippen LogP contribution >= 0.6 is 38.6 Å². The maximum atomic E-state index is 12.9. The predicted molar refractivity (Wildman–Crippen MR) is 146 cm³/mol. The molecule has 1 aliphatic rings. The molecule has 8 nitrogen and oxygen atoms in total. The number of aromatic hydroxyl groups is 1. The van der Waals surface area contributed by atoms with Gasteiger partial charge in [0, 0.05) is 28.5 Å². The number of hydrogen-bond acceptors (Lipinski definition) is 8. The van der Waals surface area contributed by atoms with Gasteiger partial charge in [0.15, 0.2) is 0 Å². The number of benzene rings is 2. The number of ether oxygens (including phenoxy) is 1. The molecule has 0 spiro atoms. The van der Waals surface area contributed by atoms with E-state index in [-0.39, 0.29) is 10.6 Å². The fourth-order valence-corrected chi connectivity index (χ4v) is 7.01. The molecule has 0 radical (unpaired) electrons. The molecule has 1 saturated heterocycles. The maximum Gasteiger partial charge on any atom is 0.243 e. The third-order valence-corrected chi connectivity index (χ3v) is 9.54. The first-order valence-electron chi connectivity index (χ1n) is 10.9. The standard InChI is InChI=1S/C24H21BrN4O4S3/c25-18-3-8-22(30)17(14-18)15-26-29-21(23-2-1-13-34-23)16-35-24(29)27-19-4-6-20(7-5-19)36(31,32)28-9-11-33-12-10-28/h1-8,13-16,30H,9-12H2. The summed E-state index contributed by atoms with van der Waals surface area (Å²) in [6, 6.07) is 15.6. The van der Waals surface area contributed by atoms with Crippen molar-refractivity contribution >= 4 is 60.5 Å². The van der Waals surface area contributed by atoms with E-state index in [0.29, 0.717) is 42.4 Å². The monoisotopic (exact) mass is 604 g/mol. The Bertz CT molecular complexity index is 1550. The van der Waals surface area contributed by atoms with Crippen LogP contribution in [0.1, 0.15) is 5.56 Å². The average molecular weight is 606 g/mol. The third-order valence-electron chi connectivity index (χ3n) is 5.43. The summed E-state index contributed by atoms with van der Waals surface area (Å²) in [6.07, 6.45) is 1.58. The first-order valence-corrected chi connectivity index (χ1v) is 14.9. The Hall–Kier alpha value is -2.61. The first kappa shape index (κ1) is 25.1. The number of rotatable bonds is 6. The van der Waals surface area contributed by atoms with Gasteiger partial charge in [0.25, 0.3) is 0 Å². The molecular weight excluding hydrogens is 584 g/mol. The van der Waals surface area contributed by atoms with Crippen LogP contribution in [0.2, 0.25) is 0 Å². The van der Waals surface area contributed by atoms with Crippen LogP contribution < -0.4 is 4.80 Å². The Labute approximate surface area is 224 Å². The largest absolute Gasteiger partial charge is 0.507 e. The molecule has 2 aromatic heterocycles. The lowest BCUT2D eigenvalue weighted by molar-refractivity contribution is 0.0730. The molecule has 1 aliphatic heterocycles. The summed E-state index contributed by atoms with van der Waals surface area (Å²) >= 11 is 6.43. The first-order chi connectivity index (χ1) is 17.4. The number of phenolic OH excluding ortho intramolecular Hbond substituents is 1. The molecule has 12 heteroatoms. The number of thiophene rings is 1. The van der Waals surface area contributed by atoms with E-state index in [1.54, 1.807) is 64.7 Å². The molecule has 1 N–H and O–H groups in total. The smallest absolute Gasteiger partial charge is 0.243 e. The summed E-state index contributed by atoms with van der Waals surface area (Å²) in [7, 11) is -3.57. The second kappa shape index (κ2) is 10.8. The van der Waals surface area contributed by atoms with E-state index < -0.39 is 10.0 Å². The van der Waals surface area contributed by atoms with Crippen LogP contribution in [0.5, 0.6) is 5.75 Å². The summed E-state index contributed by atoms with van der Waals surface area (Å²) in [6.45, 7) is 1.49. The summed E-state index contributed by atoms with van der Waals surface area (Å²) in [5, 5.41) is 18.8. The van der Waals surface area contributed by atoms with E-state index in [1.165, 1.54) is 15.6 Å². The van der Waals surface area contributed by atoms with Crippen LogP contribution in [0, 0.1) is 0 Å². The third kappa shape index (κ3) is 5.38. The van der Waals surface area contributed by atoms with Crippen LogP contribution in [0.4, 0.5) is 5.69 Å². The van der Waals surface area contributed by atoms with Gasteiger partial charge < -0.3 is 9.84 Å². The minimum atomic E-state index is -3.57. The number of nitrogens with zero attached hydrogens (tertiary/aromatic N) is 4. The van der Waals surface area contributed by atoms with Crippen molar-refractivity contribution in [1.29, 1.82) is 0 Å². The van der Waals surface area contributed by atoms with Crippen molar-refractivity contribution in [3.05, 3.63) is 80.2 Å².